The second kappa shape index (κ2) is 4.58. The summed E-state index contributed by atoms with van der Waals surface area (Å²) >= 11 is 0. The zero-order chi connectivity index (χ0) is 15.6. The number of hydrogen-bond donors (Lipinski definition) is 1. The second-order valence-electron chi connectivity index (χ2n) is 6.51. The van der Waals surface area contributed by atoms with Crippen molar-refractivity contribution in [2.75, 3.05) is 18.0 Å². The van der Waals surface area contributed by atoms with E-state index >= 15 is 0 Å². The van der Waals surface area contributed by atoms with Gasteiger partial charge < -0.3 is 19.7 Å². The van der Waals surface area contributed by atoms with Gasteiger partial charge in [-0.3, -0.25) is 0 Å². The first-order chi connectivity index (χ1) is 11.3. The van der Waals surface area contributed by atoms with E-state index in [1.54, 1.807) is 0 Å². The molecule has 0 saturated carbocycles. The lowest BCUT2D eigenvalue weighted by molar-refractivity contribution is 0.380. The summed E-state index contributed by atoms with van der Waals surface area (Å²) in [4.78, 5) is 6.88. The monoisotopic (exact) mass is 309 g/mol. The van der Waals surface area contributed by atoms with Crippen LogP contribution in [0.15, 0.2) is 22.7 Å². The van der Waals surface area contributed by atoms with Crippen molar-refractivity contribution < 1.29 is 4.52 Å². The zero-order valence-electron chi connectivity index (χ0n) is 13.1. The number of aryl methyl sites for hydroxylation is 1. The molecule has 6 heteroatoms. The van der Waals surface area contributed by atoms with Crippen molar-refractivity contribution in [1.82, 2.24) is 14.7 Å². The molecule has 2 bridgehead atoms. The Morgan fingerprint density at radius 1 is 1.30 bits per heavy atom. The van der Waals surface area contributed by atoms with Crippen LogP contribution in [-0.2, 0) is 13.6 Å². The highest BCUT2D eigenvalue weighted by Gasteiger charge is 2.35. The van der Waals surface area contributed by atoms with Crippen LogP contribution in [0.4, 0.5) is 5.82 Å². The highest BCUT2D eigenvalue weighted by Crippen LogP contribution is 2.47. The van der Waals surface area contributed by atoms with Gasteiger partial charge in [0, 0.05) is 42.2 Å². The lowest BCUT2D eigenvalue weighted by atomic mass is 9.84. The molecule has 6 rings (SSSR count). The van der Waals surface area contributed by atoms with E-state index in [-0.39, 0.29) is 6.54 Å². The van der Waals surface area contributed by atoms with Crippen LogP contribution in [0.2, 0.25) is 0 Å². The quantitative estimate of drug-likeness (QED) is 0.787. The summed E-state index contributed by atoms with van der Waals surface area (Å²) in [5.41, 5.74) is 9.34. The Morgan fingerprint density at radius 3 is 2.87 bits per heavy atom. The fraction of sp³-hybridized carbons (Fsp3) is 0.412. The Bertz CT molecular complexity index is 901. The molecule has 0 radical (unpaired) electrons. The third-order valence-electron chi connectivity index (χ3n) is 5.31. The molecular weight excluding hydrogens is 290 g/mol. The van der Waals surface area contributed by atoms with E-state index < -0.39 is 0 Å². The lowest BCUT2D eigenvalue weighted by Crippen LogP contribution is -2.39. The van der Waals surface area contributed by atoms with Gasteiger partial charge in [-0.2, -0.15) is 4.98 Å². The Kier molecular flexibility index (Phi) is 2.61. The molecule has 3 aliphatic heterocycles. The van der Waals surface area contributed by atoms with Crippen LogP contribution >= 0.6 is 0 Å². The van der Waals surface area contributed by atoms with Gasteiger partial charge in [0.1, 0.15) is 5.82 Å². The molecule has 2 aromatic heterocycles. The van der Waals surface area contributed by atoms with Gasteiger partial charge in [0.15, 0.2) is 0 Å². The molecule has 2 N–H and O–H groups in total. The number of fused-ring (bicyclic) bond motifs is 3. The number of hydrogen-bond acceptors (Lipinski definition) is 5. The molecule has 3 aliphatic rings. The van der Waals surface area contributed by atoms with Crippen LogP contribution in [0.1, 0.15) is 30.2 Å². The molecular formula is C17H19N5O. The molecule has 3 aromatic rings. The first kappa shape index (κ1) is 13.1. The molecule has 5 heterocycles. The molecule has 23 heavy (non-hydrogen) atoms. The maximum absolute atomic E-state index is 5.56. The summed E-state index contributed by atoms with van der Waals surface area (Å²) in [6.07, 6.45) is 2.52. The van der Waals surface area contributed by atoms with Crippen LogP contribution < -0.4 is 10.6 Å². The minimum atomic E-state index is 0.271. The predicted molar refractivity (Wildman–Crippen MR) is 88.3 cm³/mol. The summed E-state index contributed by atoms with van der Waals surface area (Å²) in [7, 11) is 2.17. The molecule has 0 atom stereocenters. The maximum atomic E-state index is 5.56. The largest absolute Gasteiger partial charge is 0.358 e. The number of piperidine rings is 1. The summed E-state index contributed by atoms with van der Waals surface area (Å²) in [5.74, 6) is 3.17. The average molecular weight is 309 g/mol. The maximum Gasteiger partial charge on any atom is 0.240 e. The average Bonchev–Trinajstić information content (AvgIpc) is 3.20. The van der Waals surface area contributed by atoms with Crippen LogP contribution in [0.25, 0.3) is 22.3 Å². The van der Waals surface area contributed by atoms with Gasteiger partial charge in [0.2, 0.25) is 11.7 Å². The first-order valence-electron chi connectivity index (χ1n) is 8.16. The predicted octanol–water partition coefficient (Wildman–Crippen LogP) is 2.38. The number of rotatable bonds is 2. The summed E-state index contributed by atoms with van der Waals surface area (Å²) in [6.45, 7) is 2.63. The van der Waals surface area contributed by atoms with E-state index in [1.807, 2.05) is 0 Å². The minimum Gasteiger partial charge on any atom is -0.358 e. The Morgan fingerprint density at radius 2 is 2.13 bits per heavy atom. The number of benzene rings is 1. The van der Waals surface area contributed by atoms with Crippen LogP contribution in [0, 0.1) is 0 Å². The Balaban J connectivity index is 1.73. The summed E-state index contributed by atoms with van der Waals surface area (Å²) in [5, 5.41) is 5.37. The number of anilines is 1. The van der Waals surface area contributed by atoms with Crippen LogP contribution in [-0.4, -0.2) is 27.8 Å². The summed E-state index contributed by atoms with van der Waals surface area (Å²) < 4.78 is 7.48. The third kappa shape index (κ3) is 1.72. The Labute approximate surface area is 133 Å². The van der Waals surface area contributed by atoms with Crippen molar-refractivity contribution in [1.29, 1.82) is 0 Å². The number of nitrogens with two attached hydrogens (primary N) is 1. The van der Waals surface area contributed by atoms with Crippen molar-refractivity contribution in [3.63, 3.8) is 0 Å². The van der Waals surface area contributed by atoms with E-state index in [1.165, 1.54) is 48.2 Å². The first-order valence-corrected chi connectivity index (χ1v) is 8.16. The zero-order valence-corrected chi connectivity index (χ0v) is 13.1. The molecule has 6 nitrogen and oxygen atoms in total. The fourth-order valence-electron chi connectivity index (χ4n) is 4.22. The molecule has 0 spiro atoms. The SMILES string of the molecule is Cn1c2c(c3cc(-c4noc(CN)n4)ccc31)C1CCN2CC1. The molecule has 118 valence electrons. The topological polar surface area (TPSA) is 73.1 Å². The smallest absolute Gasteiger partial charge is 0.240 e. The van der Waals surface area contributed by atoms with E-state index in [9.17, 15) is 0 Å². The van der Waals surface area contributed by atoms with Crippen molar-refractivity contribution in [2.45, 2.75) is 25.3 Å². The summed E-state index contributed by atoms with van der Waals surface area (Å²) in [6, 6.07) is 6.44. The molecule has 1 saturated heterocycles. The third-order valence-corrected chi connectivity index (χ3v) is 5.31. The molecule has 1 fully saturated rings. The van der Waals surface area contributed by atoms with Crippen molar-refractivity contribution >= 4 is 16.7 Å². The molecule has 0 aliphatic carbocycles. The van der Waals surface area contributed by atoms with E-state index in [0.717, 1.165) is 5.56 Å². The lowest BCUT2D eigenvalue weighted by Gasteiger charge is -2.41. The highest BCUT2D eigenvalue weighted by atomic mass is 16.5. The fourth-order valence-corrected chi connectivity index (χ4v) is 4.22. The normalized spacial score (nSPS) is 17.2. The van der Waals surface area contributed by atoms with Crippen molar-refractivity contribution in [2.24, 2.45) is 12.8 Å². The Hall–Kier alpha value is -2.34. The highest BCUT2D eigenvalue weighted by molar-refractivity contribution is 5.94. The second-order valence-corrected chi connectivity index (χ2v) is 6.51. The molecule has 0 unspecified atom stereocenters. The van der Waals surface area contributed by atoms with E-state index in [4.69, 9.17) is 10.3 Å². The van der Waals surface area contributed by atoms with Gasteiger partial charge in [-0.05, 0) is 37.0 Å². The van der Waals surface area contributed by atoms with Gasteiger partial charge >= 0.3 is 0 Å². The van der Waals surface area contributed by atoms with Crippen LogP contribution in [0.3, 0.4) is 0 Å². The van der Waals surface area contributed by atoms with Gasteiger partial charge in [0.25, 0.3) is 0 Å². The van der Waals surface area contributed by atoms with Gasteiger partial charge in [-0.15, -0.1) is 0 Å². The van der Waals surface area contributed by atoms with Gasteiger partial charge in [-0.1, -0.05) is 5.16 Å². The van der Waals surface area contributed by atoms with E-state index in [0.29, 0.717) is 17.6 Å². The van der Waals surface area contributed by atoms with Gasteiger partial charge in [-0.25, -0.2) is 0 Å². The molecule has 0 amide bonds. The van der Waals surface area contributed by atoms with Crippen molar-refractivity contribution in [3.8, 4) is 11.4 Å². The standard InChI is InChI=1S/C17H19N5O/c1-21-13-3-2-11(16-19-14(9-18)23-20-16)8-12(13)15-10-4-6-22(7-5-10)17(15)21/h2-3,8,10H,4-7,9,18H2,1H3. The van der Waals surface area contributed by atoms with Crippen molar-refractivity contribution in [3.05, 3.63) is 29.7 Å². The van der Waals surface area contributed by atoms with Gasteiger partial charge in [0.05, 0.1) is 6.54 Å². The van der Waals surface area contributed by atoms with E-state index in [2.05, 4.69) is 44.9 Å². The minimum absolute atomic E-state index is 0.271. The van der Waals surface area contributed by atoms with Crippen LogP contribution in [0.5, 0.6) is 0 Å². The molecule has 1 aromatic carbocycles. The number of nitrogens with zero attached hydrogens (tertiary/aromatic N) is 4. The number of aromatic nitrogens is 3.